The lowest BCUT2D eigenvalue weighted by atomic mass is 10.1. The van der Waals surface area contributed by atoms with Crippen LogP contribution in [-0.2, 0) is 0 Å². The Hall–Kier alpha value is -2.10. The van der Waals surface area contributed by atoms with E-state index in [4.69, 9.17) is 0 Å². The molecule has 0 aliphatic heterocycles. The van der Waals surface area contributed by atoms with E-state index in [9.17, 15) is 4.79 Å². The predicted molar refractivity (Wildman–Crippen MR) is 54.4 cm³/mol. The lowest BCUT2D eigenvalue weighted by Gasteiger charge is -2.00. The second-order valence-electron chi connectivity index (χ2n) is 3.14. The molecule has 0 atom stereocenters. The summed E-state index contributed by atoms with van der Waals surface area (Å²) < 4.78 is 0. The molecule has 2 heterocycles. The van der Waals surface area contributed by atoms with E-state index in [2.05, 4.69) is 15.0 Å². The Morgan fingerprint density at radius 3 is 2.60 bits per heavy atom. The summed E-state index contributed by atoms with van der Waals surface area (Å²) in [4.78, 5) is 23.5. The minimum atomic E-state index is -0.0823. The first-order valence-corrected chi connectivity index (χ1v) is 4.50. The average molecular weight is 199 g/mol. The monoisotopic (exact) mass is 199 g/mol. The van der Waals surface area contributed by atoms with Crippen LogP contribution in [0.2, 0.25) is 0 Å². The molecule has 2 aromatic heterocycles. The predicted octanol–water partition coefficient (Wildman–Crippen LogP) is 1.41. The summed E-state index contributed by atoms with van der Waals surface area (Å²) in [6.45, 7) is 1.85. The van der Waals surface area contributed by atoms with Gasteiger partial charge in [0.1, 0.15) is 6.33 Å². The van der Waals surface area contributed by atoms with Gasteiger partial charge in [-0.15, -0.1) is 0 Å². The maximum absolute atomic E-state index is 11.9. The molecule has 0 bridgehead atoms. The number of aryl methyl sites for hydroxylation is 1. The topological polar surface area (TPSA) is 55.7 Å². The molecule has 0 aromatic carbocycles. The molecule has 4 nitrogen and oxygen atoms in total. The maximum atomic E-state index is 11.9. The molecule has 0 unspecified atom stereocenters. The van der Waals surface area contributed by atoms with Gasteiger partial charge in [-0.05, 0) is 19.1 Å². The number of rotatable bonds is 2. The third-order valence-electron chi connectivity index (χ3n) is 1.98. The van der Waals surface area contributed by atoms with Crippen molar-refractivity contribution in [1.82, 2.24) is 15.0 Å². The van der Waals surface area contributed by atoms with Crippen LogP contribution in [0.5, 0.6) is 0 Å². The first kappa shape index (κ1) is 9.45. The Bertz CT molecular complexity index is 482. The number of hydrogen-bond acceptors (Lipinski definition) is 4. The van der Waals surface area contributed by atoms with E-state index in [1.165, 1.54) is 18.7 Å². The molecule has 4 heteroatoms. The van der Waals surface area contributed by atoms with Gasteiger partial charge in [-0.2, -0.15) is 0 Å². The summed E-state index contributed by atoms with van der Waals surface area (Å²) in [5.41, 5.74) is 1.91. The van der Waals surface area contributed by atoms with E-state index in [0.717, 1.165) is 5.69 Å². The zero-order chi connectivity index (χ0) is 10.7. The third-order valence-corrected chi connectivity index (χ3v) is 1.98. The smallest absolute Gasteiger partial charge is 0.196 e. The van der Waals surface area contributed by atoms with Crippen molar-refractivity contribution in [2.75, 3.05) is 0 Å². The largest absolute Gasteiger partial charge is 0.288 e. The van der Waals surface area contributed by atoms with Crippen LogP contribution in [0, 0.1) is 6.92 Å². The van der Waals surface area contributed by atoms with Gasteiger partial charge >= 0.3 is 0 Å². The maximum Gasteiger partial charge on any atom is 0.196 e. The van der Waals surface area contributed by atoms with E-state index in [1.54, 1.807) is 18.3 Å². The molecule has 0 radical (unpaired) electrons. The highest BCUT2D eigenvalue weighted by Gasteiger charge is 2.09. The van der Waals surface area contributed by atoms with Crippen molar-refractivity contribution in [2.24, 2.45) is 0 Å². The van der Waals surface area contributed by atoms with Crippen molar-refractivity contribution in [3.63, 3.8) is 0 Å². The molecular weight excluding hydrogens is 190 g/mol. The number of carbonyl (C=O) groups excluding carboxylic acids is 1. The van der Waals surface area contributed by atoms with Gasteiger partial charge in [0.2, 0.25) is 0 Å². The quantitative estimate of drug-likeness (QED) is 0.686. The molecule has 0 amide bonds. The summed E-state index contributed by atoms with van der Waals surface area (Å²) in [5.74, 6) is -0.0823. The Labute approximate surface area is 87.0 Å². The van der Waals surface area contributed by atoms with E-state index in [1.807, 2.05) is 6.92 Å². The lowest BCUT2D eigenvalue weighted by molar-refractivity contribution is 0.103. The SMILES string of the molecule is Cc1cc(C(=O)c2cncnc2)ccn1. The van der Waals surface area contributed by atoms with Gasteiger partial charge in [-0.25, -0.2) is 9.97 Å². The Morgan fingerprint density at radius 2 is 1.93 bits per heavy atom. The zero-order valence-electron chi connectivity index (χ0n) is 8.21. The first-order chi connectivity index (χ1) is 7.27. The number of hydrogen-bond donors (Lipinski definition) is 0. The highest BCUT2D eigenvalue weighted by Crippen LogP contribution is 2.07. The average Bonchev–Trinajstić information content (AvgIpc) is 2.29. The summed E-state index contributed by atoms with van der Waals surface area (Å²) in [5, 5.41) is 0. The van der Waals surface area contributed by atoms with E-state index < -0.39 is 0 Å². The second kappa shape index (κ2) is 3.96. The minimum Gasteiger partial charge on any atom is -0.288 e. The molecule has 0 saturated heterocycles. The molecule has 0 fully saturated rings. The standard InChI is InChI=1S/C11H9N3O/c1-8-4-9(2-3-14-8)11(15)10-5-12-7-13-6-10/h2-7H,1H3. The molecule has 2 rings (SSSR count). The molecule has 0 spiro atoms. The molecule has 74 valence electrons. The lowest BCUT2D eigenvalue weighted by Crippen LogP contribution is -2.03. The van der Waals surface area contributed by atoms with Crippen molar-refractivity contribution >= 4 is 5.78 Å². The highest BCUT2D eigenvalue weighted by molar-refractivity contribution is 6.08. The van der Waals surface area contributed by atoms with Gasteiger partial charge in [0.05, 0.1) is 5.56 Å². The van der Waals surface area contributed by atoms with Crippen LogP contribution in [0.25, 0.3) is 0 Å². The number of nitrogens with zero attached hydrogens (tertiary/aromatic N) is 3. The van der Waals surface area contributed by atoms with Gasteiger partial charge in [0.15, 0.2) is 5.78 Å². The fraction of sp³-hybridized carbons (Fsp3) is 0.0909. The normalized spacial score (nSPS) is 9.93. The molecular formula is C11H9N3O. The van der Waals surface area contributed by atoms with Gasteiger partial charge in [0.25, 0.3) is 0 Å². The summed E-state index contributed by atoms with van der Waals surface area (Å²) in [6, 6.07) is 3.43. The molecule has 2 aromatic rings. The molecule has 0 saturated carbocycles. The van der Waals surface area contributed by atoms with E-state index in [-0.39, 0.29) is 5.78 Å². The Kier molecular flexibility index (Phi) is 2.49. The van der Waals surface area contributed by atoms with Gasteiger partial charge in [0, 0.05) is 29.8 Å². The Balaban J connectivity index is 2.37. The van der Waals surface area contributed by atoms with Crippen LogP contribution in [0.4, 0.5) is 0 Å². The molecule has 0 aliphatic carbocycles. The van der Waals surface area contributed by atoms with Crippen LogP contribution in [0.3, 0.4) is 0 Å². The second-order valence-corrected chi connectivity index (χ2v) is 3.14. The van der Waals surface area contributed by atoms with Crippen LogP contribution in [0.1, 0.15) is 21.6 Å². The summed E-state index contributed by atoms with van der Waals surface area (Å²) in [6.07, 6.45) is 6.02. The zero-order valence-corrected chi connectivity index (χ0v) is 8.21. The molecule has 0 aliphatic rings. The van der Waals surface area contributed by atoms with Crippen LogP contribution >= 0.6 is 0 Å². The molecule has 0 N–H and O–H groups in total. The van der Waals surface area contributed by atoms with Gasteiger partial charge in [-0.1, -0.05) is 0 Å². The fourth-order valence-corrected chi connectivity index (χ4v) is 1.27. The number of carbonyl (C=O) groups is 1. The number of pyridine rings is 1. The van der Waals surface area contributed by atoms with Crippen molar-refractivity contribution < 1.29 is 4.79 Å². The van der Waals surface area contributed by atoms with E-state index >= 15 is 0 Å². The Morgan fingerprint density at radius 1 is 1.20 bits per heavy atom. The van der Waals surface area contributed by atoms with Crippen LogP contribution < -0.4 is 0 Å². The van der Waals surface area contributed by atoms with Crippen molar-refractivity contribution in [3.05, 3.63) is 53.9 Å². The van der Waals surface area contributed by atoms with Crippen molar-refractivity contribution in [3.8, 4) is 0 Å². The summed E-state index contributed by atoms with van der Waals surface area (Å²) >= 11 is 0. The number of aromatic nitrogens is 3. The van der Waals surface area contributed by atoms with Crippen LogP contribution in [-0.4, -0.2) is 20.7 Å². The van der Waals surface area contributed by atoms with E-state index in [0.29, 0.717) is 11.1 Å². The fourth-order valence-electron chi connectivity index (χ4n) is 1.27. The van der Waals surface area contributed by atoms with Gasteiger partial charge in [-0.3, -0.25) is 9.78 Å². The van der Waals surface area contributed by atoms with Crippen LogP contribution in [0.15, 0.2) is 37.1 Å². The minimum absolute atomic E-state index is 0.0823. The number of ketones is 1. The highest BCUT2D eigenvalue weighted by atomic mass is 16.1. The van der Waals surface area contributed by atoms with Crippen molar-refractivity contribution in [1.29, 1.82) is 0 Å². The molecule has 15 heavy (non-hydrogen) atoms. The summed E-state index contributed by atoms with van der Waals surface area (Å²) in [7, 11) is 0. The third kappa shape index (κ3) is 2.04. The first-order valence-electron chi connectivity index (χ1n) is 4.50. The van der Waals surface area contributed by atoms with Crippen molar-refractivity contribution in [2.45, 2.75) is 6.92 Å². The van der Waals surface area contributed by atoms with Gasteiger partial charge < -0.3 is 0 Å².